The molecule has 3 N–H and O–H groups in total. The highest BCUT2D eigenvalue weighted by molar-refractivity contribution is 5.96. The molecule has 0 amide bonds. The van der Waals surface area contributed by atoms with Crippen LogP contribution in [0.4, 0.5) is 0 Å². The molecule has 0 unspecified atom stereocenters. The monoisotopic (exact) mass is 606 g/mol. The maximum Gasteiger partial charge on any atom is 0.348 e. The Hall–Kier alpha value is -3.13. The zero-order valence-corrected chi connectivity index (χ0v) is 25.1. The Balaban J connectivity index is 1.66. The molecule has 5 aliphatic rings. The molecule has 4 fully saturated rings. The fourth-order valence-electron chi connectivity index (χ4n) is 8.76. The fraction of sp³-hybridized carbons (Fsp3) is 0.700. The summed E-state index contributed by atoms with van der Waals surface area (Å²) in [6, 6.07) is 0. The fourth-order valence-corrected chi connectivity index (χ4v) is 8.76. The second-order valence-electron chi connectivity index (χ2n) is 13.1. The molecule has 43 heavy (non-hydrogen) atoms. The van der Waals surface area contributed by atoms with Crippen LogP contribution in [-0.2, 0) is 47.7 Å². The summed E-state index contributed by atoms with van der Waals surface area (Å²) >= 11 is 0. The van der Waals surface area contributed by atoms with E-state index in [1.165, 1.54) is 19.9 Å². The summed E-state index contributed by atoms with van der Waals surface area (Å²) in [5.74, 6) is -7.41. The van der Waals surface area contributed by atoms with Gasteiger partial charge in [0.15, 0.2) is 5.78 Å². The first kappa shape index (κ1) is 31.3. The molecule has 13 nitrogen and oxygen atoms in total. The van der Waals surface area contributed by atoms with Gasteiger partial charge in [-0.25, -0.2) is 14.4 Å². The summed E-state index contributed by atoms with van der Waals surface area (Å²) in [5, 5.41) is 34.7. The molecule has 1 spiro atoms. The van der Waals surface area contributed by atoms with Gasteiger partial charge < -0.3 is 39.0 Å². The molecule has 0 aromatic rings. The Morgan fingerprint density at radius 3 is 2.37 bits per heavy atom. The summed E-state index contributed by atoms with van der Waals surface area (Å²) in [6.07, 6.45) is -5.67. The lowest BCUT2D eigenvalue weighted by Gasteiger charge is -2.67. The molecule has 0 aromatic heterocycles. The molecule has 2 bridgehead atoms. The lowest BCUT2D eigenvalue weighted by atomic mass is 9.38. The van der Waals surface area contributed by atoms with Gasteiger partial charge in [0, 0.05) is 29.7 Å². The number of esters is 4. The van der Waals surface area contributed by atoms with Gasteiger partial charge in [-0.2, -0.15) is 0 Å². The summed E-state index contributed by atoms with van der Waals surface area (Å²) in [5.41, 5.74) is -5.52. The van der Waals surface area contributed by atoms with Crippen LogP contribution in [0.15, 0.2) is 23.3 Å². The van der Waals surface area contributed by atoms with Crippen LogP contribution in [0.25, 0.3) is 0 Å². The van der Waals surface area contributed by atoms with Crippen molar-refractivity contribution in [3.8, 4) is 0 Å². The number of aliphatic hydroxyl groups excluding tert-OH is 3. The molecule has 2 heterocycles. The molecular weight excluding hydrogens is 568 g/mol. The maximum atomic E-state index is 13.6. The van der Waals surface area contributed by atoms with Gasteiger partial charge in [0.25, 0.3) is 0 Å². The predicted octanol–water partition coefficient (Wildman–Crippen LogP) is -0.0761. The normalized spacial score (nSPS) is 43.5. The molecular formula is C30H38O13. The highest BCUT2D eigenvalue weighted by atomic mass is 16.6. The van der Waals surface area contributed by atoms with Crippen LogP contribution >= 0.6 is 0 Å². The summed E-state index contributed by atoms with van der Waals surface area (Å²) in [7, 11) is 1.05. The van der Waals surface area contributed by atoms with Gasteiger partial charge in [0.05, 0.1) is 25.7 Å². The number of carbonyl (C=O) groups excluding carboxylic acids is 5. The number of ether oxygens (including phenoxy) is 5. The van der Waals surface area contributed by atoms with Crippen molar-refractivity contribution in [3.05, 3.63) is 23.3 Å². The molecule has 2 saturated carbocycles. The summed E-state index contributed by atoms with van der Waals surface area (Å²) in [6.45, 7) is 8.85. The summed E-state index contributed by atoms with van der Waals surface area (Å²) in [4.78, 5) is 64.9. The first-order chi connectivity index (χ1) is 19.9. The molecule has 2 aliphatic heterocycles. The van der Waals surface area contributed by atoms with E-state index in [1.54, 1.807) is 27.7 Å². The van der Waals surface area contributed by atoms with Crippen molar-refractivity contribution in [2.45, 2.75) is 89.7 Å². The molecule has 13 heteroatoms. The molecule has 2 saturated heterocycles. The van der Waals surface area contributed by atoms with E-state index in [1.807, 2.05) is 0 Å². The van der Waals surface area contributed by atoms with Crippen LogP contribution in [0, 0.1) is 28.6 Å². The van der Waals surface area contributed by atoms with E-state index >= 15 is 0 Å². The van der Waals surface area contributed by atoms with Gasteiger partial charge >= 0.3 is 23.9 Å². The Labute approximate surface area is 248 Å². The number of rotatable bonds is 5. The Kier molecular flexibility index (Phi) is 7.24. The second-order valence-corrected chi connectivity index (χ2v) is 13.1. The van der Waals surface area contributed by atoms with Crippen molar-refractivity contribution in [1.29, 1.82) is 0 Å². The molecule has 0 aromatic carbocycles. The first-order valence-electron chi connectivity index (χ1n) is 14.2. The Morgan fingerprint density at radius 1 is 1.12 bits per heavy atom. The number of carbonyl (C=O) groups is 5. The van der Waals surface area contributed by atoms with Gasteiger partial charge in [-0.05, 0) is 51.7 Å². The number of hydrogen-bond acceptors (Lipinski definition) is 13. The van der Waals surface area contributed by atoms with Gasteiger partial charge in [-0.1, -0.05) is 12.5 Å². The van der Waals surface area contributed by atoms with E-state index in [0.717, 1.165) is 13.2 Å². The van der Waals surface area contributed by atoms with E-state index < -0.39 is 100.0 Å². The quantitative estimate of drug-likeness (QED) is 0.214. The standard InChI is InChI=1S/C30H38O13/c1-12-8-16(32)23(35)28(6)15(12)10-17-29-11-40-30(26(38)39-7,24(36)19(34)21(28)29)22(29)20(25(37)41-17)42-18(33)9-13(2)27(4,5)43-14(3)31/h8-9,15,17,19-24,34-36H,10-11H2,1-7H3/b13-9+/t15-,17+,19+,20+,21+,22+,23+,24-,28-,29+,30-/m0/s1. The number of aliphatic hydroxyl groups is 3. The maximum absolute atomic E-state index is 13.6. The van der Waals surface area contributed by atoms with Crippen molar-refractivity contribution in [2.75, 3.05) is 13.7 Å². The number of ketones is 1. The predicted molar refractivity (Wildman–Crippen MR) is 142 cm³/mol. The van der Waals surface area contributed by atoms with Crippen LogP contribution in [-0.4, -0.2) is 100 Å². The minimum Gasteiger partial charge on any atom is -0.467 e. The van der Waals surface area contributed by atoms with Crippen molar-refractivity contribution in [3.63, 3.8) is 0 Å². The van der Waals surface area contributed by atoms with Crippen LogP contribution < -0.4 is 0 Å². The minimum atomic E-state index is -2.35. The largest absolute Gasteiger partial charge is 0.467 e. The van der Waals surface area contributed by atoms with Crippen molar-refractivity contribution < 1.29 is 63.0 Å². The molecule has 236 valence electrons. The van der Waals surface area contributed by atoms with Crippen LogP contribution in [0.3, 0.4) is 0 Å². The molecule has 5 rings (SSSR count). The zero-order chi connectivity index (χ0) is 32.0. The van der Waals surface area contributed by atoms with Crippen molar-refractivity contribution in [1.82, 2.24) is 0 Å². The van der Waals surface area contributed by atoms with Crippen LogP contribution in [0.1, 0.15) is 48.0 Å². The first-order valence-corrected chi connectivity index (χ1v) is 14.2. The van der Waals surface area contributed by atoms with Gasteiger partial charge in [-0.15, -0.1) is 0 Å². The van der Waals surface area contributed by atoms with E-state index in [0.29, 0.717) is 5.57 Å². The number of methoxy groups -OCH3 is 1. The topological polar surface area (TPSA) is 192 Å². The minimum absolute atomic E-state index is 0.113. The molecule has 11 atom stereocenters. The van der Waals surface area contributed by atoms with Crippen molar-refractivity contribution in [2.24, 2.45) is 28.6 Å². The Bertz CT molecular complexity index is 1350. The lowest BCUT2D eigenvalue weighted by molar-refractivity contribution is -0.297. The second kappa shape index (κ2) is 9.94. The summed E-state index contributed by atoms with van der Waals surface area (Å²) < 4.78 is 27.9. The highest BCUT2D eigenvalue weighted by Crippen LogP contribution is 2.72. The zero-order valence-electron chi connectivity index (χ0n) is 25.1. The van der Waals surface area contributed by atoms with Crippen molar-refractivity contribution >= 4 is 29.7 Å². The number of fused-ring (bicyclic) bond motifs is 2. The molecule has 3 aliphatic carbocycles. The highest BCUT2D eigenvalue weighted by Gasteiger charge is 2.85. The number of hydrogen-bond donors (Lipinski definition) is 3. The van der Waals surface area contributed by atoms with Crippen LogP contribution in [0.2, 0.25) is 0 Å². The van der Waals surface area contributed by atoms with Gasteiger partial charge in [0.1, 0.15) is 23.9 Å². The third-order valence-corrected chi connectivity index (χ3v) is 10.8. The van der Waals surface area contributed by atoms with Crippen LogP contribution in [0.5, 0.6) is 0 Å². The van der Waals surface area contributed by atoms with Gasteiger partial charge in [0.2, 0.25) is 11.7 Å². The smallest absolute Gasteiger partial charge is 0.348 e. The third-order valence-electron chi connectivity index (χ3n) is 10.8. The lowest BCUT2D eigenvalue weighted by Crippen LogP contribution is -2.80. The molecule has 0 radical (unpaired) electrons. The SMILES string of the molecule is COC(=O)[C@@]12OC[C@]34[C@H]([C@@H](O)[C@@H]1O)[C@@]1(C)[C@H](O)C(=O)C=C(C)[C@@H]1C[C@H]3OC(=O)[C@H](OC(=O)/C=C(\C)C(C)(C)OC(C)=O)[C@@H]24. The average molecular weight is 607 g/mol. The van der Waals surface area contributed by atoms with E-state index in [2.05, 4.69) is 0 Å². The van der Waals surface area contributed by atoms with E-state index in [9.17, 15) is 39.3 Å². The van der Waals surface area contributed by atoms with E-state index in [4.69, 9.17) is 23.7 Å². The Morgan fingerprint density at radius 2 is 1.77 bits per heavy atom. The third kappa shape index (κ3) is 4.00. The van der Waals surface area contributed by atoms with E-state index in [-0.39, 0.29) is 18.6 Å². The average Bonchev–Trinajstić information content (AvgIpc) is 3.22. The van der Waals surface area contributed by atoms with Gasteiger partial charge in [-0.3, -0.25) is 9.59 Å². The number of allylic oxidation sites excluding steroid dienone is 1.